The van der Waals surface area contributed by atoms with Gasteiger partial charge in [-0.05, 0) is 18.1 Å². The van der Waals surface area contributed by atoms with Crippen LogP contribution in [-0.2, 0) is 0 Å². The smallest absolute Gasteiger partial charge is 0.153 e. The van der Waals surface area contributed by atoms with Gasteiger partial charge < -0.3 is 0 Å². The van der Waals surface area contributed by atoms with Crippen LogP contribution >= 0.6 is 34.3 Å². The van der Waals surface area contributed by atoms with E-state index in [1.54, 1.807) is 0 Å². The summed E-state index contributed by atoms with van der Waals surface area (Å²) in [5.74, 6) is 0. The summed E-state index contributed by atoms with van der Waals surface area (Å²) in [7, 11) is -1.34. The highest BCUT2D eigenvalue weighted by atomic mass is 35.6. The summed E-state index contributed by atoms with van der Waals surface area (Å²) < 4.78 is 0. The van der Waals surface area contributed by atoms with Crippen LogP contribution in [0.25, 0.3) is 0 Å². The molecule has 0 nitrogen and oxygen atoms in total. The Bertz CT molecular complexity index is 129. The molecule has 0 N–H and O–H groups in total. The molecule has 0 aliphatic carbocycles. The van der Waals surface area contributed by atoms with Gasteiger partial charge in [0.1, 0.15) is 4.84 Å². The molecule has 0 fully saturated rings. The fourth-order valence-electron chi connectivity index (χ4n) is 1.15. The third kappa shape index (κ3) is 9.60. The Morgan fingerprint density at radius 2 is 2.00 bits per heavy atom. The molecule has 0 aromatic rings. The lowest BCUT2D eigenvalue weighted by Gasteiger charge is -2.16. The zero-order chi connectivity index (χ0) is 10.3. The van der Waals surface area contributed by atoms with Crippen molar-refractivity contribution in [2.45, 2.75) is 48.9 Å². The van der Waals surface area contributed by atoms with Gasteiger partial charge in [-0.3, -0.25) is 0 Å². The van der Waals surface area contributed by atoms with Crippen molar-refractivity contribution in [1.29, 1.82) is 0 Å². The summed E-state index contributed by atoms with van der Waals surface area (Å²) in [6, 6.07) is 4.85. The first kappa shape index (κ1) is 14.3. The van der Waals surface area contributed by atoms with Gasteiger partial charge in [-0.15, -0.1) is 23.2 Å². The van der Waals surface area contributed by atoms with Crippen LogP contribution in [0.5, 0.6) is 0 Å². The van der Waals surface area contributed by atoms with E-state index < -0.39 is 7.38 Å². The summed E-state index contributed by atoms with van der Waals surface area (Å²) in [5.41, 5.74) is 0. The van der Waals surface area contributed by atoms with Gasteiger partial charge in [0.05, 0.1) is 0 Å². The number of halogens is 3. The second-order valence-electron chi connectivity index (χ2n) is 3.76. The van der Waals surface area contributed by atoms with E-state index in [0.29, 0.717) is 0 Å². The molecule has 1 unspecified atom stereocenters. The fraction of sp³-hybridized carbons (Fsp3) is 1.00. The Morgan fingerprint density at radius 1 is 1.38 bits per heavy atom. The predicted octanol–water partition coefficient (Wildman–Crippen LogP) is 4.02. The molecule has 1 atom stereocenters. The van der Waals surface area contributed by atoms with E-state index in [2.05, 4.69) is 13.5 Å². The van der Waals surface area contributed by atoms with Gasteiger partial charge in [0.15, 0.2) is 7.38 Å². The summed E-state index contributed by atoms with van der Waals surface area (Å²) in [6.45, 7) is 4.45. The lowest BCUT2D eigenvalue weighted by Crippen LogP contribution is -2.19. The first-order chi connectivity index (χ1) is 5.98. The van der Waals surface area contributed by atoms with Gasteiger partial charge in [-0.1, -0.05) is 25.9 Å². The van der Waals surface area contributed by atoms with E-state index in [9.17, 15) is 0 Å². The van der Waals surface area contributed by atoms with Crippen LogP contribution in [0.3, 0.4) is 0 Å². The molecule has 5 heteroatoms. The largest absolute Gasteiger partial charge is 0.167 e. The van der Waals surface area contributed by atoms with Crippen molar-refractivity contribution in [3.63, 3.8) is 0 Å². The highest BCUT2D eigenvalue weighted by Gasteiger charge is 2.20. The second kappa shape index (κ2) is 7.58. The number of alkyl halides is 2. The zero-order valence-electron chi connectivity index (χ0n) is 8.45. The molecule has 13 heavy (non-hydrogen) atoms. The van der Waals surface area contributed by atoms with Gasteiger partial charge in [0, 0.05) is 9.52 Å². The number of hydrogen-bond acceptors (Lipinski definition) is 0. The Balaban J connectivity index is 3.26. The molecule has 0 bridgehead atoms. The maximum absolute atomic E-state index is 6.36. The van der Waals surface area contributed by atoms with Crippen LogP contribution in [0.1, 0.15) is 13.3 Å². The van der Waals surface area contributed by atoms with Crippen molar-refractivity contribution < 1.29 is 0 Å². The van der Waals surface area contributed by atoms with Crippen molar-refractivity contribution in [2.24, 2.45) is 0 Å². The molecule has 0 saturated heterocycles. The standard InChI is InChI=1S/C8H19Cl3Si2/c1-3-13(2,11)6-4-5-12-7-8(9)10/h8H,3-7,12H2,1-2H3. The molecule has 0 aliphatic rings. The monoisotopic (exact) mass is 276 g/mol. The molecule has 0 aromatic heterocycles. The first-order valence-electron chi connectivity index (χ1n) is 4.95. The highest BCUT2D eigenvalue weighted by molar-refractivity contribution is 7.19. The van der Waals surface area contributed by atoms with Crippen LogP contribution in [0, 0.1) is 0 Å². The Morgan fingerprint density at radius 3 is 2.46 bits per heavy atom. The molecule has 0 aliphatic heterocycles. The molecular weight excluding hydrogens is 259 g/mol. The number of hydrogen-bond donors (Lipinski definition) is 0. The molecular formula is C8H19Cl3Si2. The average molecular weight is 278 g/mol. The molecule has 0 spiro atoms. The van der Waals surface area contributed by atoms with Crippen molar-refractivity contribution in [1.82, 2.24) is 0 Å². The van der Waals surface area contributed by atoms with Crippen molar-refractivity contribution in [3.05, 3.63) is 0 Å². The predicted molar refractivity (Wildman–Crippen MR) is 71.0 cm³/mol. The summed E-state index contributed by atoms with van der Waals surface area (Å²) in [6.07, 6.45) is 1.30. The van der Waals surface area contributed by atoms with Crippen molar-refractivity contribution in [3.8, 4) is 0 Å². The minimum absolute atomic E-state index is 0.0131. The normalized spacial score (nSPS) is 17.1. The van der Waals surface area contributed by atoms with E-state index in [-0.39, 0.29) is 14.4 Å². The van der Waals surface area contributed by atoms with Crippen LogP contribution in [0.2, 0.25) is 30.7 Å². The van der Waals surface area contributed by atoms with E-state index in [4.69, 9.17) is 34.3 Å². The molecule has 0 amide bonds. The van der Waals surface area contributed by atoms with Crippen LogP contribution < -0.4 is 0 Å². The average Bonchev–Trinajstić information content (AvgIpc) is 2.03. The lowest BCUT2D eigenvalue weighted by atomic mass is 10.6. The first-order valence-corrected chi connectivity index (χ1v) is 11.7. The van der Waals surface area contributed by atoms with E-state index >= 15 is 0 Å². The molecule has 0 radical (unpaired) electrons. The van der Waals surface area contributed by atoms with Gasteiger partial charge in [0.25, 0.3) is 0 Å². The van der Waals surface area contributed by atoms with Crippen LogP contribution in [0.15, 0.2) is 0 Å². The van der Waals surface area contributed by atoms with E-state index in [1.807, 2.05) is 0 Å². The highest BCUT2D eigenvalue weighted by Crippen LogP contribution is 2.22. The SMILES string of the molecule is CC[Si](C)(Cl)CCC[SiH2]CC(Cl)Cl. The summed E-state index contributed by atoms with van der Waals surface area (Å²) >= 11 is 17.7. The second-order valence-corrected chi connectivity index (χ2v) is 13.8. The maximum Gasteiger partial charge on any atom is 0.153 e. The fourth-order valence-corrected chi connectivity index (χ4v) is 5.51. The molecule has 0 heterocycles. The molecule has 0 rings (SSSR count). The van der Waals surface area contributed by atoms with Gasteiger partial charge >= 0.3 is 0 Å². The third-order valence-electron chi connectivity index (χ3n) is 2.36. The Kier molecular flexibility index (Phi) is 8.34. The van der Waals surface area contributed by atoms with Crippen molar-refractivity contribution >= 4 is 51.2 Å². The summed E-state index contributed by atoms with van der Waals surface area (Å²) in [4.78, 5) is -0.127. The third-order valence-corrected chi connectivity index (χ3v) is 9.75. The zero-order valence-corrected chi connectivity index (χ0v) is 13.1. The molecule has 0 saturated carbocycles. The van der Waals surface area contributed by atoms with E-state index in [1.165, 1.54) is 24.6 Å². The molecule has 80 valence electrons. The quantitative estimate of drug-likeness (QED) is 0.285. The van der Waals surface area contributed by atoms with Crippen LogP contribution in [-0.4, -0.2) is 21.7 Å². The van der Waals surface area contributed by atoms with Gasteiger partial charge in [0.2, 0.25) is 0 Å². The van der Waals surface area contributed by atoms with E-state index in [0.717, 1.165) is 6.04 Å². The Hall–Kier alpha value is 1.30. The topological polar surface area (TPSA) is 0 Å². The summed E-state index contributed by atoms with van der Waals surface area (Å²) in [5, 5.41) is 0. The molecule has 0 aromatic carbocycles. The van der Waals surface area contributed by atoms with Crippen LogP contribution in [0.4, 0.5) is 0 Å². The lowest BCUT2D eigenvalue weighted by molar-refractivity contribution is 1.03. The minimum atomic E-state index is -1.33. The van der Waals surface area contributed by atoms with Crippen molar-refractivity contribution in [2.75, 3.05) is 0 Å². The number of rotatable bonds is 7. The van der Waals surface area contributed by atoms with Gasteiger partial charge in [-0.2, -0.15) is 11.1 Å². The minimum Gasteiger partial charge on any atom is -0.167 e. The maximum atomic E-state index is 6.36. The van der Waals surface area contributed by atoms with Gasteiger partial charge in [-0.25, -0.2) is 0 Å². The Labute approximate surface area is 99.9 Å².